The molecular weight excluding hydrogens is 354 g/mol. The van der Waals surface area contributed by atoms with Crippen LogP contribution >= 0.6 is 0 Å². The van der Waals surface area contributed by atoms with Crippen LogP contribution < -0.4 is 16.4 Å². The molecule has 0 saturated carbocycles. The number of anilines is 1. The topological polar surface area (TPSA) is 160 Å². The van der Waals surface area contributed by atoms with Crippen LogP contribution in [0.2, 0.25) is 0 Å². The van der Waals surface area contributed by atoms with E-state index in [0.717, 1.165) is 12.8 Å². The Kier molecular flexibility index (Phi) is 5.85. The van der Waals surface area contributed by atoms with Gasteiger partial charge in [-0.2, -0.15) is 0 Å². The predicted octanol–water partition coefficient (Wildman–Crippen LogP) is -0.922. The lowest BCUT2D eigenvalue weighted by Crippen LogP contribution is -2.42. The highest BCUT2D eigenvalue weighted by atomic mass is 16.6. The van der Waals surface area contributed by atoms with Gasteiger partial charge in [-0.05, 0) is 13.3 Å². The number of imidazole rings is 1. The van der Waals surface area contributed by atoms with Gasteiger partial charge in [-0.3, -0.25) is 9.36 Å². The average molecular weight is 379 g/mol. The van der Waals surface area contributed by atoms with Crippen LogP contribution in [0.5, 0.6) is 0 Å². The molecule has 0 bridgehead atoms. The summed E-state index contributed by atoms with van der Waals surface area (Å²) in [5, 5.41) is 26.2. The third kappa shape index (κ3) is 3.72. The van der Waals surface area contributed by atoms with Gasteiger partial charge in [0.2, 0.25) is 0 Å². The van der Waals surface area contributed by atoms with Crippen molar-refractivity contribution in [2.45, 2.75) is 57.4 Å². The third-order valence-corrected chi connectivity index (χ3v) is 4.40. The van der Waals surface area contributed by atoms with Crippen molar-refractivity contribution in [2.24, 2.45) is 5.73 Å². The second-order valence-electron chi connectivity index (χ2n) is 6.41. The monoisotopic (exact) mass is 379 g/mol. The van der Waals surface area contributed by atoms with Gasteiger partial charge in [0.25, 0.3) is 5.91 Å². The van der Waals surface area contributed by atoms with Gasteiger partial charge < -0.3 is 31.3 Å². The maximum atomic E-state index is 12.0. The number of rotatable bonds is 7. The molecule has 3 heterocycles. The quantitative estimate of drug-likeness (QED) is 0.383. The van der Waals surface area contributed by atoms with Crippen molar-refractivity contribution in [1.29, 1.82) is 0 Å². The first-order valence-corrected chi connectivity index (χ1v) is 8.96. The van der Waals surface area contributed by atoms with E-state index in [2.05, 4.69) is 25.6 Å². The van der Waals surface area contributed by atoms with Crippen molar-refractivity contribution in [3.63, 3.8) is 0 Å². The first kappa shape index (κ1) is 19.4. The Morgan fingerprint density at radius 3 is 2.81 bits per heavy atom. The Morgan fingerprint density at radius 1 is 1.33 bits per heavy atom. The molecule has 11 nitrogen and oxygen atoms in total. The van der Waals surface area contributed by atoms with Crippen LogP contribution in [0.15, 0.2) is 12.7 Å². The highest BCUT2D eigenvalue weighted by Crippen LogP contribution is 2.32. The number of nitrogens with zero attached hydrogens (tertiary/aromatic N) is 4. The van der Waals surface area contributed by atoms with E-state index >= 15 is 0 Å². The fourth-order valence-electron chi connectivity index (χ4n) is 3.08. The summed E-state index contributed by atoms with van der Waals surface area (Å²) in [6.45, 7) is 4.17. The van der Waals surface area contributed by atoms with Crippen LogP contribution in [-0.4, -0.2) is 66.7 Å². The second-order valence-corrected chi connectivity index (χ2v) is 6.41. The summed E-state index contributed by atoms with van der Waals surface area (Å²) in [5.41, 5.74) is 6.86. The number of nitrogens with one attached hydrogen (secondary N) is 2. The van der Waals surface area contributed by atoms with E-state index in [-0.39, 0.29) is 6.17 Å². The van der Waals surface area contributed by atoms with Crippen LogP contribution in [0.25, 0.3) is 11.2 Å². The summed E-state index contributed by atoms with van der Waals surface area (Å²) in [6, 6.07) is 0. The zero-order chi connectivity index (χ0) is 19.6. The van der Waals surface area contributed by atoms with Gasteiger partial charge in [-0.25, -0.2) is 15.0 Å². The maximum absolute atomic E-state index is 12.0. The lowest BCUT2D eigenvalue weighted by Gasteiger charge is -2.17. The number of aliphatic hydroxyl groups excluding tert-OH is 2. The number of hydrogen-bond acceptors (Lipinski definition) is 9. The largest absolute Gasteiger partial charge is 0.387 e. The van der Waals surface area contributed by atoms with Crippen molar-refractivity contribution < 1.29 is 19.7 Å². The summed E-state index contributed by atoms with van der Waals surface area (Å²) in [6.07, 6.45) is -0.702. The van der Waals surface area contributed by atoms with Gasteiger partial charge in [-0.15, -0.1) is 0 Å². The number of amides is 1. The molecule has 0 aromatic carbocycles. The highest BCUT2D eigenvalue weighted by Gasteiger charge is 2.47. The lowest BCUT2D eigenvalue weighted by molar-refractivity contribution is -0.137. The molecule has 1 saturated heterocycles. The fourth-order valence-corrected chi connectivity index (χ4v) is 3.08. The number of nitrogens with two attached hydrogens (primary N) is 1. The molecule has 1 unspecified atom stereocenters. The van der Waals surface area contributed by atoms with E-state index < -0.39 is 30.4 Å². The molecule has 0 spiro atoms. The molecule has 2 aromatic rings. The molecule has 1 aliphatic rings. The molecule has 148 valence electrons. The van der Waals surface area contributed by atoms with Gasteiger partial charge in [0, 0.05) is 6.54 Å². The van der Waals surface area contributed by atoms with Crippen molar-refractivity contribution in [3.8, 4) is 0 Å². The standard InChI is InChI=1S/C16H25N7O4/c1-3-5-8(17)22-13-9-14(20-6-19-13)23(7-21-9)16-11(25)10(24)12(27-16)15(26)18-4-2/h6-8,10-12,16,24-25H,3-5,17H2,1-2H3,(H,18,26)(H,19,20,22)/t8?,10-,11+,12-,16+/m0/s1. The van der Waals surface area contributed by atoms with Crippen LogP contribution in [0, 0.1) is 0 Å². The lowest BCUT2D eigenvalue weighted by atomic mass is 10.1. The molecule has 3 rings (SSSR count). The highest BCUT2D eigenvalue weighted by molar-refractivity contribution is 5.83. The Balaban J connectivity index is 1.88. The molecule has 5 atom stereocenters. The molecule has 2 aromatic heterocycles. The predicted molar refractivity (Wildman–Crippen MR) is 96.4 cm³/mol. The molecule has 1 fully saturated rings. The van der Waals surface area contributed by atoms with Crippen LogP contribution in [0.1, 0.15) is 32.9 Å². The number of likely N-dealkylation sites (N-methyl/N-ethyl adjacent to an activating group) is 1. The summed E-state index contributed by atoms with van der Waals surface area (Å²) in [5.74, 6) is -0.0218. The number of hydrogen-bond donors (Lipinski definition) is 5. The number of fused-ring (bicyclic) bond motifs is 1. The smallest absolute Gasteiger partial charge is 0.252 e. The number of aliphatic hydroxyl groups is 2. The van der Waals surface area contributed by atoms with Gasteiger partial charge >= 0.3 is 0 Å². The van der Waals surface area contributed by atoms with E-state index in [4.69, 9.17) is 10.5 Å². The number of aromatic nitrogens is 4. The summed E-state index contributed by atoms with van der Waals surface area (Å²) in [4.78, 5) is 24.7. The van der Waals surface area contributed by atoms with Crippen molar-refractivity contribution in [2.75, 3.05) is 11.9 Å². The zero-order valence-corrected chi connectivity index (χ0v) is 15.2. The van der Waals surface area contributed by atoms with Crippen LogP contribution in [0.3, 0.4) is 0 Å². The summed E-state index contributed by atoms with van der Waals surface area (Å²) in [7, 11) is 0. The number of carbonyl (C=O) groups excluding carboxylic acids is 1. The number of ether oxygens (including phenoxy) is 1. The van der Waals surface area contributed by atoms with E-state index in [1.807, 2.05) is 6.92 Å². The van der Waals surface area contributed by atoms with Gasteiger partial charge in [0.15, 0.2) is 29.3 Å². The minimum absolute atomic E-state index is 0.282. The molecule has 27 heavy (non-hydrogen) atoms. The molecule has 0 radical (unpaired) electrons. The van der Waals surface area contributed by atoms with E-state index in [0.29, 0.717) is 23.5 Å². The minimum Gasteiger partial charge on any atom is -0.387 e. The Labute approximate surface area is 156 Å². The molecular formula is C16H25N7O4. The first-order chi connectivity index (χ1) is 13.0. The van der Waals surface area contributed by atoms with Crippen molar-refractivity contribution >= 4 is 22.9 Å². The van der Waals surface area contributed by atoms with E-state index in [1.165, 1.54) is 17.2 Å². The van der Waals surface area contributed by atoms with E-state index in [1.54, 1.807) is 6.92 Å². The summed E-state index contributed by atoms with van der Waals surface area (Å²) >= 11 is 0. The van der Waals surface area contributed by atoms with Crippen LogP contribution in [0.4, 0.5) is 5.82 Å². The zero-order valence-electron chi connectivity index (χ0n) is 15.2. The molecule has 0 aliphatic carbocycles. The number of carbonyl (C=O) groups is 1. The third-order valence-electron chi connectivity index (χ3n) is 4.40. The molecule has 1 amide bonds. The average Bonchev–Trinajstić information content (AvgIpc) is 3.18. The summed E-state index contributed by atoms with van der Waals surface area (Å²) < 4.78 is 7.09. The first-order valence-electron chi connectivity index (χ1n) is 8.96. The van der Waals surface area contributed by atoms with Gasteiger partial charge in [0.05, 0.1) is 12.5 Å². The van der Waals surface area contributed by atoms with Gasteiger partial charge in [0.1, 0.15) is 18.5 Å². The normalized spacial score (nSPS) is 26.3. The van der Waals surface area contributed by atoms with Crippen molar-refractivity contribution in [3.05, 3.63) is 12.7 Å². The van der Waals surface area contributed by atoms with E-state index in [9.17, 15) is 15.0 Å². The van der Waals surface area contributed by atoms with Crippen LogP contribution in [-0.2, 0) is 9.53 Å². The van der Waals surface area contributed by atoms with Crippen molar-refractivity contribution in [1.82, 2.24) is 24.8 Å². The SMILES string of the molecule is CCCC(N)Nc1ncnc2c1ncn2[C@@H]1O[C@H](C(=O)NCC)[C@@H](O)[C@H]1O. The van der Waals surface area contributed by atoms with Gasteiger partial charge in [-0.1, -0.05) is 13.3 Å². The minimum atomic E-state index is -1.36. The molecule has 6 N–H and O–H groups in total. The molecule has 1 aliphatic heterocycles. The Hall–Kier alpha value is -2.34. The maximum Gasteiger partial charge on any atom is 0.252 e. The fraction of sp³-hybridized carbons (Fsp3) is 0.625. The second kappa shape index (κ2) is 8.13. The molecule has 11 heteroatoms. The Morgan fingerprint density at radius 2 is 2.11 bits per heavy atom. The Bertz CT molecular complexity index is 798.